The molecule has 2 heterocycles. The molecule has 23 heavy (non-hydrogen) atoms. The van der Waals surface area contributed by atoms with E-state index in [2.05, 4.69) is 20.3 Å². The first-order valence-corrected chi connectivity index (χ1v) is 8.08. The molecule has 0 fully saturated rings. The van der Waals surface area contributed by atoms with E-state index in [0.29, 0.717) is 22.2 Å². The number of anilines is 2. The van der Waals surface area contributed by atoms with Crippen LogP contribution in [0.15, 0.2) is 41.7 Å². The zero-order valence-corrected chi connectivity index (χ0v) is 13.7. The maximum atomic E-state index is 8.46. The van der Waals surface area contributed by atoms with Crippen molar-refractivity contribution < 1.29 is 0 Å². The molecule has 0 amide bonds. The third-order valence-corrected chi connectivity index (χ3v) is 4.26. The molecule has 0 saturated carbocycles. The molecule has 0 atom stereocenters. The number of nitrogens with two attached hydrogens (primary N) is 1. The van der Waals surface area contributed by atoms with Gasteiger partial charge in [0.05, 0.1) is 5.56 Å². The summed E-state index contributed by atoms with van der Waals surface area (Å²) >= 11 is 1.34. The fraction of sp³-hybridized carbons (Fsp3) is 0.188. The molecule has 0 unspecified atom stereocenters. The van der Waals surface area contributed by atoms with Crippen molar-refractivity contribution in [3.05, 3.63) is 42.4 Å². The van der Waals surface area contributed by atoms with Crippen LogP contribution in [0.3, 0.4) is 0 Å². The number of H-pyrrole nitrogens is 1. The molecule has 3 rings (SSSR count). The van der Waals surface area contributed by atoms with Gasteiger partial charge in [0, 0.05) is 28.0 Å². The first kappa shape index (κ1) is 15.4. The van der Waals surface area contributed by atoms with Crippen molar-refractivity contribution in [2.75, 3.05) is 11.1 Å². The number of fused-ring (bicyclic) bond motifs is 1. The van der Waals surface area contributed by atoms with E-state index in [4.69, 9.17) is 11.1 Å². The molecule has 0 aliphatic carbocycles. The lowest BCUT2D eigenvalue weighted by atomic mass is 10.2. The summed E-state index contributed by atoms with van der Waals surface area (Å²) in [5.41, 5.74) is 7.57. The molecule has 6 nitrogen and oxygen atoms in total. The number of hydrogen-bond donors (Lipinski definition) is 4. The van der Waals surface area contributed by atoms with Gasteiger partial charge in [0.25, 0.3) is 0 Å². The van der Waals surface area contributed by atoms with Crippen molar-refractivity contribution in [2.24, 2.45) is 0 Å². The summed E-state index contributed by atoms with van der Waals surface area (Å²) in [6, 6.07) is 8.19. The number of aromatic nitrogens is 3. The fourth-order valence-electron chi connectivity index (χ4n) is 2.30. The Morgan fingerprint density at radius 1 is 1.30 bits per heavy atom. The molecule has 0 aliphatic heterocycles. The zero-order valence-electron chi connectivity index (χ0n) is 12.9. The van der Waals surface area contributed by atoms with Crippen LogP contribution in [0.1, 0.15) is 19.4 Å². The quantitative estimate of drug-likeness (QED) is 0.334. The van der Waals surface area contributed by atoms with Gasteiger partial charge in [-0.3, -0.25) is 5.41 Å². The van der Waals surface area contributed by atoms with Crippen molar-refractivity contribution in [3.8, 4) is 0 Å². The number of nitrogen functional groups attached to an aromatic ring is 1. The van der Waals surface area contributed by atoms with Gasteiger partial charge >= 0.3 is 0 Å². The Morgan fingerprint density at radius 3 is 2.87 bits per heavy atom. The second-order valence-corrected chi connectivity index (χ2v) is 6.46. The highest BCUT2D eigenvalue weighted by Gasteiger charge is 2.17. The molecule has 0 radical (unpaired) electrons. The van der Waals surface area contributed by atoms with E-state index in [1.165, 1.54) is 18.1 Å². The smallest absolute Gasteiger partial charge is 0.141 e. The van der Waals surface area contributed by atoms with Crippen LogP contribution in [0.5, 0.6) is 0 Å². The Morgan fingerprint density at radius 2 is 2.09 bits per heavy atom. The van der Waals surface area contributed by atoms with Gasteiger partial charge in [0.15, 0.2) is 0 Å². The Bertz CT molecular complexity index is 855. The standard InChI is InChI=1S/C16H18N6S/c1-9(2)22-16-13(14(17)20-8-21-16)15(18)23-12-7-19-11-6-4-3-5-10(11)12/h3-9,18-19H,1-2H3,(H3,17,20,21,22). The lowest BCUT2D eigenvalue weighted by molar-refractivity contribution is 0.886. The number of nitrogens with zero attached hydrogens (tertiary/aromatic N) is 2. The average molecular weight is 326 g/mol. The monoisotopic (exact) mass is 326 g/mol. The van der Waals surface area contributed by atoms with E-state index >= 15 is 0 Å². The van der Waals surface area contributed by atoms with Gasteiger partial charge in [-0.25, -0.2) is 9.97 Å². The second-order valence-electron chi connectivity index (χ2n) is 5.41. The summed E-state index contributed by atoms with van der Waals surface area (Å²) in [7, 11) is 0. The van der Waals surface area contributed by atoms with E-state index in [-0.39, 0.29) is 6.04 Å². The SMILES string of the molecule is CC(C)Nc1ncnc(N)c1C(=N)Sc1c[nH]c2ccccc12. The van der Waals surface area contributed by atoms with Gasteiger partial charge in [-0.15, -0.1) is 0 Å². The van der Waals surface area contributed by atoms with Gasteiger partial charge in [0.1, 0.15) is 23.0 Å². The fourth-order valence-corrected chi connectivity index (χ4v) is 3.23. The summed E-state index contributed by atoms with van der Waals surface area (Å²) in [6.45, 7) is 4.02. The summed E-state index contributed by atoms with van der Waals surface area (Å²) < 4.78 is 0. The molecule has 2 aromatic heterocycles. The van der Waals surface area contributed by atoms with Gasteiger partial charge < -0.3 is 16.0 Å². The van der Waals surface area contributed by atoms with Gasteiger partial charge in [-0.1, -0.05) is 30.0 Å². The third kappa shape index (κ3) is 3.14. The third-order valence-electron chi connectivity index (χ3n) is 3.29. The second kappa shape index (κ2) is 6.29. The van der Waals surface area contributed by atoms with Gasteiger partial charge in [-0.05, 0) is 19.9 Å². The number of nitrogens with one attached hydrogen (secondary N) is 3. The Hall–Kier alpha value is -2.54. The van der Waals surface area contributed by atoms with E-state index in [1.807, 2.05) is 44.3 Å². The maximum Gasteiger partial charge on any atom is 0.141 e. The Labute approximate surface area is 138 Å². The van der Waals surface area contributed by atoms with E-state index < -0.39 is 0 Å². The lowest BCUT2D eigenvalue weighted by Gasteiger charge is -2.14. The molecule has 0 aliphatic rings. The van der Waals surface area contributed by atoms with Crippen molar-refractivity contribution in [2.45, 2.75) is 24.8 Å². The van der Waals surface area contributed by atoms with Gasteiger partial charge in [-0.2, -0.15) is 0 Å². The Balaban J connectivity index is 1.95. The van der Waals surface area contributed by atoms with E-state index in [1.54, 1.807) is 0 Å². The molecule has 0 saturated heterocycles. The average Bonchev–Trinajstić information content (AvgIpc) is 2.90. The van der Waals surface area contributed by atoms with Crippen LogP contribution in [-0.2, 0) is 0 Å². The largest absolute Gasteiger partial charge is 0.383 e. The molecule has 0 bridgehead atoms. The molecule has 7 heteroatoms. The number of benzene rings is 1. The van der Waals surface area contributed by atoms with Crippen LogP contribution in [0, 0.1) is 5.41 Å². The van der Waals surface area contributed by atoms with Gasteiger partial charge in [0.2, 0.25) is 0 Å². The van der Waals surface area contributed by atoms with Crippen LogP contribution in [0.2, 0.25) is 0 Å². The summed E-state index contributed by atoms with van der Waals surface area (Å²) in [6.07, 6.45) is 3.31. The molecule has 5 N–H and O–H groups in total. The number of hydrogen-bond acceptors (Lipinski definition) is 6. The molecular weight excluding hydrogens is 308 g/mol. The molecule has 118 valence electrons. The minimum absolute atomic E-state index is 0.189. The highest BCUT2D eigenvalue weighted by Crippen LogP contribution is 2.33. The minimum atomic E-state index is 0.189. The zero-order chi connectivity index (χ0) is 16.4. The van der Waals surface area contributed by atoms with Crippen molar-refractivity contribution in [1.82, 2.24) is 15.0 Å². The topological polar surface area (TPSA) is 103 Å². The van der Waals surface area contributed by atoms with Crippen molar-refractivity contribution >= 4 is 39.3 Å². The van der Waals surface area contributed by atoms with Crippen LogP contribution in [-0.4, -0.2) is 26.0 Å². The summed E-state index contributed by atoms with van der Waals surface area (Å²) in [5.74, 6) is 0.894. The number of thioether (sulfide) groups is 1. The number of rotatable bonds is 4. The molecular formula is C16H18N6S. The molecule has 0 spiro atoms. The van der Waals surface area contributed by atoms with E-state index in [0.717, 1.165) is 15.8 Å². The summed E-state index contributed by atoms with van der Waals surface area (Å²) in [4.78, 5) is 12.4. The summed E-state index contributed by atoms with van der Waals surface area (Å²) in [5, 5.41) is 13.1. The van der Waals surface area contributed by atoms with E-state index in [9.17, 15) is 0 Å². The first-order valence-electron chi connectivity index (χ1n) is 7.26. The predicted molar refractivity (Wildman–Crippen MR) is 96.2 cm³/mol. The molecule has 3 aromatic rings. The lowest BCUT2D eigenvalue weighted by Crippen LogP contribution is -2.16. The van der Waals surface area contributed by atoms with Crippen LogP contribution in [0.4, 0.5) is 11.6 Å². The van der Waals surface area contributed by atoms with Crippen LogP contribution in [0.25, 0.3) is 10.9 Å². The predicted octanol–water partition coefficient (Wildman–Crippen LogP) is 3.48. The minimum Gasteiger partial charge on any atom is -0.383 e. The highest BCUT2D eigenvalue weighted by atomic mass is 32.2. The normalized spacial score (nSPS) is 11.1. The van der Waals surface area contributed by atoms with Crippen LogP contribution >= 0.6 is 11.8 Å². The Kier molecular flexibility index (Phi) is 4.20. The van der Waals surface area contributed by atoms with Crippen molar-refractivity contribution in [3.63, 3.8) is 0 Å². The molecule has 1 aromatic carbocycles. The number of para-hydroxylation sites is 1. The maximum absolute atomic E-state index is 8.46. The first-order chi connectivity index (χ1) is 11.1. The highest BCUT2D eigenvalue weighted by molar-refractivity contribution is 8.14. The number of aromatic amines is 1. The van der Waals surface area contributed by atoms with Crippen molar-refractivity contribution in [1.29, 1.82) is 5.41 Å². The van der Waals surface area contributed by atoms with Crippen LogP contribution < -0.4 is 11.1 Å².